The van der Waals surface area contributed by atoms with E-state index in [4.69, 9.17) is 4.74 Å². The van der Waals surface area contributed by atoms with Gasteiger partial charge in [-0.25, -0.2) is 0 Å². The van der Waals surface area contributed by atoms with Gasteiger partial charge in [0, 0.05) is 0 Å². The Bertz CT molecular complexity index is 441. The summed E-state index contributed by atoms with van der Waals surface area (Å²) in [6, 6.07) is 9.89. The summed E-state index contributed by atoms with van der Waals surface area (Å²) < 4.78 is 5.62. The van der Waals surface area contributed by atoms with Gasteiger partial charge in [0.25, 0.3) is 0 Å². The van der Waals surface area contributed by atoms with Crippen molar-refractivity contribution in [3.8, 4) is 0 Å². The van der Waals surface area contributed by atoms with Crippen molar-refractivity contribution in [2.24, 2.45) is 5.92 Å². The van der Waals surface area contributed by atoms with Gasteiger partial charge in [-0.05, 0) is 24.3 Å². The zero-order chi connectivity index (χ0) is 18.9. The van der Waals surface area contributed by atoms with Gasteiger partial charge in [-0.15, -0.1) is 0 Å². The predicted molar refractivity (Wildman–Crippen MR) is 111 cm³/mol. The fourth-order valence-corrected chi connectivity index (χ4v) is 3.41. The molecule has 1 atom stereocenters. The van der Waals surface area contributed by atoms with Crippen LogP contribution in [0.4, 0.5) is 0 Å². The lowest BCUT2D eigenvalue weighted by molar-refractivity contribution is -0.144. The van der Waals surface area contributed by atoms with Gasteiger partial charge in [-0.1, -0.05) is 108 Å². The Balaban J connectivity index is 2.28. The number of hydrogen-bond donors (Lipinski definition) is 0. The van der Waals surface area contributed by atoms with Crippen molar-refractivity contribution in [2.45, 2.75) is 97.3 Å². The Morgan fingerprint density at radius 1 is 0.808 bits per heavy atom. The summed E-state index contributed by atoms with van der Waals surface area (Å²) in [6.45, 7) is 5.11. The van der Waals surface area contributed by atoms with Crippen molar-refractivity contribution < 1.29 is 9.53 Å². The third-order valence-electron chi connectivity index (χ3n) is 5.10. The zero-order valence-corrected chi connectivity index (χ0v) is 17.2. The number of ether oxygens (including phenoxy) is 1. The predicted octanol–water partition coefficient (Wildman–Crippen LogP) is 7.11. The van der Waals surface area contributed by atoms with Gasteiger partial charge in [0.15, 0.2) is 0 Å². The van der Waals surface area contributed by atoms with Crippen LogP contribution in [0.5, 0.6) is 0 Å². The van der Waals surface area contributed by atoms with Crippen LogP contribution in [-0.2, 0) is 16.0 Å². The maximum atomic E-state index is 12.1. The van der Waals surface area contributed by atoms with Gasteiger partial charge in [-0.3, -0.25) is 4.79 Å². The lowest BCUT2D eigenvalue weighted by Gasteiger charge is -2.17. The van der Waals surface area contributed by atoms with Crippen LogP contribution >= 0.6 is 0 Å². The highest BCUT2D eigenvalue weighted by molar-refractivity contribution is 5.72. The van der Waals surface area contributed by atoms with Crippen molar-refractivity contribution in [3.63, 3.8) is 0 Å². The molecule has 148 valence electrons. The monoisotopic (exact) mass is 360 g/mol. The normalized spacial score (nSPS) is 12.1. The molecule has 0 aliphatic heterocycles. The fraction of sp³-hybridized carbons (Fsp3) is 0.708. The standard InChI is InChI=1S/C24H40O2/c1-3-5-7-9-10-13-19-23(18-12-8-6-4-2)21-26-24(25)20-22-16-14-11-15-17-22/h11,14-17,23H,3-10,12-13,18-21H2,1-2H3. The molecular weight excluding hydrogens is 320 g/mol. The Kier molecular flexibility index (Phi) is 13.9. The molecule has 1 aromatic carbocycles. The van der Waals surface area contributed by atoms with Crippen molar-refractivity contribution in [3.05, 3.63) is 35.9 Å². The maximum absolute atomic E-state index is 12.1. The molecule has 1 rings (SSSR count). The van der Waals surface area contributed by atoms with Crippen LogP contribution in [-0.4, -0.2) is 12.6 Å². The van der Waals surface area contributed by atoms with E-state index < -0.39 is 0 Å². The summed E-state index contributed by atoms with van der Waals surface area (Å²) in [5.41, 5.74) is 1.04. The number of unbranched alkanes of at least 4 members (excludes halogenated alkanes) is 8. The van der Waals surface area contributed by atoms with Crippen LogP contribution in [0.25, 0.3) is 0 Å². The van der Waals surface area contributed by atoms with E-state index in [2.05, 4.69) is 13.8 Å². The Morgan fingerprint density at radius 3 is 1.96 bits per heavy atom. The average molecular weight is 361 g/mol. The van der Waals surface area contributed by atoms with Crippen molar-refractivity contribution >= 4 is 5.97 Å². The van der Waals surface area contributed by atoms with E-state index in [1.54, 1.807) is 0 Å². The average Bonchev–Trinajstić information content (AvgIpc) is 2.66. The molecule has 1 aromatic rings. The lowest BCUT2D eigenvalue weighted by atomic mass is 9.95. The van der Waals surface area contributed by atoms with Crippen molar-refractivity contribution in [1.29, 1.82) is 0 Å². The SMILES string of the molecule is CCCCCCCCC(CCCCCC)COC(=O)Cc1ccccc1. The summed E-state index contributed by atoms with van der Waals surface area (Å²) in [7, 11) is 0. The van der Waals surface area contributed by atoms with Crippen LogP contribution in [0.3, 0.4) is 0 Å². The molecule has 2 nitrogen and oxygen atoms in total. The van der Waals surface area contributed by atoms with Gasteiger partial charge in [-0.2, -0.15) is 0 Å². The molecule has 0 fully saturated rings. The largest absolute Gasteiger partial charge is 0.465 e. The van der Waals surface area contributed by atoms with E-state index in [0.717, 1.165) is 5.56 Å². The topological polar surface area (TPSA) is 26.3 Å². The van der Waals surface area contributed by atoms with Gasteiger partial charge in [0.2, 0.25) is 0 Å². The second kappa shape index (κ2) is 15.9. The number of rotatable bonds is 16. The number of carbonyl (C=O) groups excluding carboxylic acids is 1. The van der Waals surface area contributed by atoms with Gasteiger partial charge in [0.1, 0.15) is 0 Å². The molecule has 2 heteroatoms. The molecule has 0 saturated heterocycles. The van der Waals surface area contributed by atoms with E-state index in [9.17, 15) is 4.79 Å². The van der Waals surface area contributed by atoms with E-state index in [0.29, 0.717) is 18.9 Å². The number of esters is 1. The summed E-state index contributed by atoms with van der Waals surface area (Å²) in [5.74, 6) is 0.454. The van der Waals surface area contributed by atoms with Crippen LogP contribution < -0.4 is 0 Å². The Hall–Kier alpha value is -1.31. The molecular formula is C24H40O2. The highest BCUT2D eigenvalue weighted by Gasteiger charge is 2.12. The highest BCUT2D eigenvalue weighted by atomic mass is 16.5. The van der Waals surface area contributed by atoms with Gasteiger partial charge < -0.3 is 4.74 Å². The Labute approximate surface area is 161 Å². The Morgan fingerprint density at radius 2 is 1.35 bits per heavy atom. The fourth-order valence-electron chi connectivity index (χ4n) is 3.41. The quantitative estimate of drug-likeness (QED) is 0.232. The van der Waals surface area contributed by atoms with Crippen molar-refractivity contribution in [1.82, 2.24) is 0 Å². The maximum Gasteiger partial charge on any atom is 0.310 e. The van der Waals surface area contributed by atoms with Crippen LogP contribution in [0.2, 0.25) is 0 Å². The molecule has 0 N–H and O–H groups in total. The molecule has 0 radical (unpaired) electrons. The zero-order valence-electron chi connectivity index (χ0n) is 17.2. The molecule has 0 amide bonds. The first kappa shape index (κ1) is 22.7. The minimum absolute atomic E-state index is 0.0855. The van der Waals surface area contributed by atoms with E-state index in [1.807, 2.05) is 30.3 Å². The first-order valence-electron chi connectivity index (χ1n) is 11.0. The third kappa shape index (κ3) is 12.1. The molecule has 0 spiro atoms. The molecule has 0 bridgehead atoms. The summed E-state index contributed by atoms with van der Waals surface area (Å²) in [5, 5.41) is 0. The molecule has 0 heterocycles. The third-order valence-corrected chi connectivity index (χ3v) is 5.10. The number of carbonyl (C=O) groups is 1. The van der Waals surface area contributed by atoms with Crippen LogP contribution in [0.1, 0.15) is 96.5 Å². The molecule has 0 aliphatic carbocycles. The molecule has 0 aliphatic rings. The molecule has 26 heavy (non-hydrogen) atoms. The number of benzene rings is 1. The summed E-state index contributed by atoms with van der Waals surface area (Å²) in [6.07, 6.45) is 15.9. The van der Waals surface area contributed by atoms with Crippen LogP contribution in [0, 0.1) is 5.92 Å². The minimum Gasteiger partial charge on any atom is -0.465 e. The summed E-state index contributed by atoms with van der Waals surface area (Å²) in [4.78, 5) is 12.1. The van der Waals surface area contributed by atoms with E-state index in [-0.39, 0.29) is 5.97 Å². The summed E-state index contributed by atoms with van der Waals surface area (Å²) >= 11 is 0. The first-order chi connectivity index (χ1) is 12.8. The molecule has 0 aromatic heterocycles. The number of hydrogen-bond acceptors (Lipinski definition) is 2. The first-order valence-corrected chi connectivity index (χ1v) is 11.0. The minimum atomic E-state index is -0.0855. The lowest BCUT2D eigenvalue weighted by Crippen LogP contribution is -2.16. The van der Waals surface area contributed by atoms with Crippen LogP contribution in [0.15, 0.2) is 30.3 Å². The smallest absolute Gasteiger partial charge is 0.310 e. The highest BCUT2D eigenvalue weighted by Crippen LogP contribution is 2.19. The second-order valence-corrected chi connectivity index (χ2v) is 7.62. The van der Waals surface area contributed by atoms with Gasteiger partial charge >= 0.3 is 5.97 Å². The van der Waals surface area contributed by atoms with Gasteiger partial charge in [0.05, 0.1) is 13.0 Å². The van der Waals surface area contributed by atoms with Crippen molar-refractivity contribution in [2.75, 3.05) is 6.61 Å². The second-order valence-electron chi connectivity index (χ2n) is 7.62. The van der Waals surface area contributed by atoms with E-state index in [1.165, 1.54) is 77.0 Å². The molecule has 0 saturated carbocycles. The molecule has 1 unspecified atom stereocenters. The van der Waals surface area contributed by atoms with E-state index >= 15 is 0 Å².